The fourth-order valence-electron chi connectivity index (χ4n) is 1.87. The first-order valence-electron chi connectivity index (χ1n) is 5.70. The highest BCUT2D eigenvalue weighted by atomic mass is 16.5. The van der Waals surface area contributed by atoms with E-state index in [2.05, 4.69) is 12.2 Å². The van der Waals surface area contributed by atoms with Crippen LogP contribution in [-0.2, 0) is 9.47 Å². The van der Waals surface area contributed by atoms with Crippen molar-refractivity contribution >= 4 is 0 Å². The lowest BCUT2D eigenvalue weighted by molar-refractivity contribution is -0.000210. The number of methoxy groups -OCH3 is 1. The molecule has 1 rings (SSSR count). The Kier molecular flexibility index (Phi) is 6.15. The third kappa shape index (κ3) is 4.40. The minimum absolute atomic E-state index is 0.476. The Morgan fingerprint density at radius 3 is 3.07 bits per heavy atom. The molecule has 0 aromatic heterocycles. The first-order valence-corrected chi connectivity index (χ1v) is 5.70. The highest BCUT2D eigenvalue weighted by Crippen LogP contribution is 2.15. The van der Waals surface area contributed by atoms with E-state index in [4.69, 9.17) is 9.47 Å². The first kappa shape index (κ1) is 12.0. The zero-order chi connectivity index (χ0) is 10.2. The summed E-state index contributed by atoms with van der Waals surface area (Å²) in [6.07, 6.45) is 5.04. The van der Waals surface area contributed by atoms with Crippen molar-refractivity contribution in [3.63, 3.8) is 0 Å². The molecule has 0 saturated carbocycles. The smallest absolute Gasteiger partial charge is 0.0587 e. The summed E-state index contributed by atoms with van der Waals surface area (Å²) in [5, 5.41) is 3.56. The topological polar surface area (TPSA) is 30.5 Å². The van der Waals surface area contributed by atoms with Crippen LogP contribution in [0.5, 0.6) is 0 Å². The molecular weight excluding hydrogens is 178 g/mol. The van der Waals surface area contributed by atoms with E-state index in [1.807, 2.05) is 0 Å². The van der Waals surface area contributed by atoms with Crippen molar-refractivity contribution in [1.82, 2.24) is 5.32 Å². The average Bonchev–Trinajstić information content (AvgIpc) is 2.25. The molecule has 1 N–H and O–H groups in total. The van der Waals surface area contributed by atoms with Crippen molar-refractivity contribution < 1.29 is 9.47 Å². The summed E-state index contributed by atoms with van der Waals surface area (Å²) >= 11 is 0. The van der Waals surface area contributed by atoms with Crippen molar-refractivity contribution in [2.45, 2.75) is 44.8 Å². The van der Waals surface area contributed by atoms with Gasteiger partial charge in [-0.2, -0.15) is 0 Å². The van der Waals surface area contributed by atoms with Gasteiger partial charge in [0.15, 0.2) is 0 Å². The molecule has 0 bridgehead atoms. The Morgan fingerprint density at radius 2 is 2.36 bits per heavy atom. The molecule has 0 spiro atoms. The average molecular weight is 201 g/mol. The maximum absolute atomic E-state index is 5.62. The third-order valence-corrected chi connectivity index (χ3v) is 2.78. The molecule has 84 valence electrons. The molecule has 0 aliphatic carbocycles. The molecule has 2 unspecified atom stereocenters. The van der Waals surface area contributed by atoms with Crippen LogP contribution >= 0.6 is 0 Å². The van der Waals surface area contributed by atoms with E-state index >= 15 is 0 Å². The molecule has 0 aromatic rings. The lowest BCUT2D eigenvalue weighted by atomic mass is 10.0. The summed E-state index contributed by atoms with van der Waals surface area (Å²) in [4.78, 5) is 0. The molecule has 1 saturated heterocycles. The molecule has 1 aliphatic rings. The minimum atomic E-state index is 0.476. The van der Waals surface area contributed by atoms with Crippen molar-refractivity contribution in [3.05, 3.63) is 0 Å². The van der Waals surface area contributed by atoms with E-state index in [-0.39, 0.29) is 0 Å². The summed E-state index contributed by atoms with van der Waals surface area (Å²) in [6, 6.07) is 0.658. The largest absolute Gasteiger partial charge is 0.385 e. The molecule has 1 heterocycles. The summed E-state index contributed by atoms with van der Waals surface area (Å²) in [5.41, 5.74) is 0. The molecule has 14 heavy (non-hydrogen) atoms. The highest BCUT2D eigenvalue weighted by Gasteiger charge is 2.20. The van der Waals surface area contributed by atoms with Crippen LogP contribution in [0, 0.1) is 0 Å². The van der Waals surface area contributed by atoms with Crippen LogP contribution in [0.2, 0.25) is 0 Å². The predicted molar refractivity (Wildman–Crippen MR) is 57.5 cm³/mol. The standard InChI is InChI=1S/C11H23NO2/c1-3-11-9-10(5-8-14-11)12-6-4-7-13-2/h10-12H,3-9H2,1-2H3. The maximum Gasteiger partial charge on any atom is 0.0587 e. The molecule has 3 nitrogen and oxygen atoms in total. The fraction of sp³-hybridized carbons (Fsp3) is 1.00. The second kappa shape index (κ2) is 7.21. The van der Waals surface area contributed by atoms with E-state index in [1.165, 1.54) is 6.42 Å². The van der Waals surface area contributed by atoms with Gasteiger partial charge in [-0.1, -0.05) is 6.92 Å². The Balaban J connectivity index is 2.05. The van der Waals surface area contributed by atoms with Gasteiger partial charge in [-0.05, 0) is 32.2 Å². The van der Waals surface area contributed by atoms with Gasteiger partial charge < -0.3 is 14.8 Å². The summed E-state index contributed by atoms with van der Waals surface area (Å²) in [6.45, 7) is 5.03. The van der Waals surface area contributed by atoms with Crippen LogP contribution in [0.3, 0.4) is 0 Å². The van der Waals surface area contributed by atoms with Gasteiger partial charge in [0.05, 0.1) is 6.10 Å². The van der Waals surface area contributed by atoms with Crippen LogP contribution in [-0.4, -0.2) is 39.0 Å². The maximum atomic E-state index is 5.62. The number of ether oxygens (including phenoxy) is 2. The molecule has 0 radical (unpaired) electrons. The number of rotatable bonds is 6. The Morgan fingerprint density at radius 1 is 1.50 bits per heavy atom. The minimum Gasteiger partial charge on any atom is -0.385 e. The highest BCUT2D eigenvalue weighted by molar-refractivity contribution is 4.75. The molecule has 3 heteroatoms. The van der Waals surface area contributed by atoms with Gasteiger partial charge in [-0.25, -0.2) is 0 Å². The van der Waals surface area contributed by atoms with Gasteiger partial charge in [0.2, 0.25) is 0 Å². The molecule has 0 aromatic carbocycles. The lowest BCUT2D eigenvalue weighted by Crippen LogP contribution is -2.39. The first-order chi connectivity index (χ1) is 6.86. The van der Waals surface area contributed by atoms with Crippen LogP contribution in [0.15, 0.2) is 0 Å². The zero-order valence-electron chi connectivity index (χ0n) is 9.42. The van der Waals surface area contributed by atoms with Crippen molar-refractivity contribution in [1.29, 1.82) is 0 Å². The van der Waals surface area contributed by atoms with Crippen LogP contribution in [0.4, 0.5) is 0 Å². The number of hydrogen-bond donors (Lipinski definition) is 1. The van der Waals surface area contributed by atoms with E-state index in [0.717, 1.165) is 39.0 Å². The SMILES string of the molecule is CCC1CC(NCCCOC)CCO1. The van der Waals surface area contributed by atoms with Crippen molar-refractivity contribution in [2.75, 3.05) is 26.9 Å². The van der Waals surface area contributed by atoms with Gasteiger partial charge in [0.1, 0.15) is 0 Å². The number of nitrogens with one attached hydrogen (secondary N) is 1. The van der Waals surface area contributed by atoms with Crippen LogP contribution in [0.25, 0.3) is 0 Å². The monoisotopic (exact) mass is 201 g/mol. The van der Waals surface area contributed by atoms with Gasteiger partial charge in [0.25, 0.3) is 0 Å². The summed E-state index contributed by atoms with van der Waals surface area (Å²) < 4.78 is 10.6. The Labute approximate surface area is 87.2 Å². The van der Waals surface area contributed by atoms with Gasteiger partial charge >= 0.3 is 0 Å². The zero-order valence-corrected chi connectivity index (χ0v) is 9.42. The van der Waals surface area contributed by atoms with Gasteiger partial charge in [-0.3, -0.25) is 0 Å². The summed E-state index contributed by atoms with van der Waals surface area (Å²) in [5.74, 6) is 0. The van der Waals surface area contributed by atoms with Gasteiger partial charge in [0, 0.05) is 26.4 Å². The van der Waals surface area contributed by atoms with E-state index in [9.17, 15) is 0 Å². The molecule has 1 fully saturated rings. The van der Waals surface area contributed by atoms with E-state index in [1.54, 1.807) is 7.11 Å². The predicted octanol–water partition coefficient (Wildman–Crippen LogP) is 1.57. The van der Waals surface area contributed by atoms with Crippen molar-refractivity contribution in [2.24, 2.45) is 0 Å². The second-order valence-corrected chi connectivity index (χ2v) is 3.92. The summed E-state index contributed by atoms with van der Waals surface area (Å²) in [7, 11) is 1.75. The second-order valence-electron chi connectivity index (χ2n) is 3.92. The van der Waals surface area contributed by atoms with Crippen LogP contribution < -0.4 is 5.32 Å². The number of hydrogen-bond acceptors (Lipinski definition) is 3. The van der Waals surface area contributed by atoms with Gasteiger partial charge in [-0.15, -0.1) is 0 Å². The third-order valence-electron chi connectivity index (χ3n) is 2.78. The normalized spacial score (nSPS) is 27.9. The molecular formula is C11H23NO2. The van der Waals surface area contributed by atoms with E-state index < -0.39 is 0 Å². The quantitative estimate of drug-likeness (QED) is 0.662. The van der Waals surface area contributed by atoms with Crippen LogP contribution in [0.1, 0.15) is 32.6 Å². The fourth-order valence-corrected chi connectivity index (χ4v) is 1.87. The molecule has 1 aliphatic heterocycles. The van der Waals surface area contributed by atoms with Crippen molar-refractivity contribution in [3.8, 4) is 0 Å². The van der Waals surface area contributed by atoms with E-state index in [0.29, 0.717) is 12.1 Å². The Hall–Kier alpha value is -0.120. The lowest BCUT2D eigenvalue weighted by Gasteiger charge is -2.29. The molecule has 0 amide bonds. The Bertz CT molecular complexity index is 141. The molecule has 2 atom stereocenters.